The molecule has 0 N–H and O–H groups in total. The largest absolute Gasteiger partial charge is 0.333 e. The van der Waals surface area contributed by atoms with Gasteiger partial charge in [0.1, 0.15) is 0 Å². The van der Waals surface area contributed by atoms with Gasteiger partial charge in [0.25, 0.3) is 12.3 Å². The Morgan fingerprint density at radius 2 is 1.90 bits per heavy atom. The van der Waals surface area contributed by atoms with Crippen molar-refractivity contribution in [3.8, 4) is 5.69 Å². The second kappa shape index (κ2) is 10.8. The Labute approximate surface area is 187 Å². The highest BCUT2D eigenvalue weighted by Gasteiger charge is 2.19. The van der Waals surface area contributed by atoms with Gasteiger partial charge in [0.15, 0.2) is 8.29 Å². The maximum absolute atomic E-state index is 12.8. The molecule has 0 bridgehead atoms. The third-order valence-corrected chi connectivity index (χ3v) is 6.67. The molecule has 0 saturated carbocycles. The molecule has 0 unspecified atom stereocenters. The first-order chi connectivity index (χ1) is 14.5. The fraction of sp³-hybridized carbons (Fsp3) is 0.286. The topological polar surface area (TPSA) is 38.1 Å². The molecule has 0 radical (unpaired) electrons. The molecule has 0 aliphatic carbocycles. The van der Waals surface area contributed by atoms with E-state index in [1.165, 1.54) is 21.8 Å². The van der Waals surface area contributed by atoms with E-state index < -0.39 is 18.9 Å². The second-order valence-electron chi connectivity index (χ2n) is 6.51. The molecule has 2 aromatic carbocycles. The molecule has 9 heteroatoms. The van der Waals surface area contributed by atoms with E-state index in [1.54, 1.807) is 40.7 Å². The van der Waals surface area contributed by atoms with Crippen LogP contribution >= 0.6 is 35.3 Å². The zero-order valence-corrected chi connectivity index (χ0v) is 18.8. The molecular weight excluding hydrogens is 444 g/mol. The molecular formula is C21H21F2N3OS3. The maximum atomic E-state index is 12.8. The van der Waals surface area contributed by atoms with Crippen molar-refractivity contribution in [2.75, 3.05) is 13.1 Å². The SMILES string of the molecule is CCCN(CC(F)F)C(=O)c1ccc(-n2nc(SCc3ccccc3)sc2=S)cc1. The number of hydrogen-bond donors (Lipinski definition) is 0. The van der Waals surface area contributed by atoms with Crippen LogP contribution in [-0.2, 0) is 5.75 Å². The summed E-state index contributed by atoms with van der Waals surface area (Å²) in [5, 5.41) is 4.57. The standard InChI is InChI=1S/C21H21F2N3OS3/c1-2-12-25(13-18(22)23)19(27)16-8-10-17(11-9-16)26-21(28)30-20(24-26)29-14-15-6-4-3-5-7-15/h3-11,18H,2,12-14H2,1H3. The van der Waals surface area contributed by atoms with Crippen molar-refractivity contribution in [3.05, 3.63) is 69.7 Å². The number of carbonyl (C=O) groups excluding carboxylic acids is 1. The molecule has 0 aliphatic rings. The fourth-order valence-electron chi connectivity index (χ4n) is 2.84. The third-order valence-electron chi connectivity index (χ3n) is 4.23. The van der Waals surface area contributed by atoms with Gasteiger partial charge in [0.2, 0.25) is 0 Å². The molecule has 0 atom stereocenters. The lowest BCUT2D eigenvalue weighted by molar-refractivity contribution is 0.0555. The number of carbonyl (C=O) groups is 1. The molecule has 1 amide bonds. The number of nitrogens with zero attached hydrogens (tertiary/aromatic N) is 3. The van der Waals surface area contributed by atoms with Crippen molar-refractivity contribution in [1.82, 2.24) is 14.7 Å². The van der Waals surface area contributed by atoms with Gasteiger partial charge in [-0.05, 0) is 48.5 Å². The summed E-state index contributed by atoms with van der Waals surface area (Å²) >= 11 is 8.48. The number of thioether (sulfide) groups is 1. The molecule has 3 rings (SSSR count). The quantitative estimate of drug-likeness (QED) is 0.284. The van der Waals surface area contributed by atoms with Crippen LogP contribution in [0.5, 0.6) is 0 Å². The summed E-state index contributed by atoms with van der Waals surface area (Å²) in [5.41, 5.74) is 2.31. The lowest BCUT2D eigenvalue weighted by atomic mass is 10.1. The summed E-state index contributed by atoms with van der Waals surface area (Å²) < 4.78 is 28.7. The van der Waals surface area contributed by atoms with Gasteiger partial charge in [0, 0.05) is 17.9 Å². The summed E-state index contributed by atoms with van der Waals surface area (Å²) in [4.78, 5) is 13.7. The van der Waals surface area contributed by atoms with Gasteiger partial charge in [0.05, 0.1) is 12.2 Å². The van der Waals surface area contributed by atoms with Crippen LogP contribution in [0.3, 0.4) is 0 Å². The number of aromatic nitrogens is 2. The van der Waals surface area contributed by atoms with Gasteiger partial charge in [-0.1, -0.05) is 60.4 Å². The molecule has 30 heavy (non-hydrogen) atoms. The third kappa shape index (κ3) is 5.96. The van der Waals surface area contributed by atoms with Crippen LogP contribution in [0.2, 0.25) is 0 Å². The number of rotatable bonds is 9. The first-order valence-corrected chi connectivity index (χ1v) is 11.6. The predicted octanol–water partition coefficient (Wildman–Crippen LogP) is 6.07. The van der Waals surface area contributed by atoms with Crippen LogP contribution in [0.25, 0.3) is 5.69 Å². The Morgan fingerprint density at radius 3 is 2.53 bits per heavy atom. The smallest absolute Gasteiger partial charge is 0.255 e. The molecule has 3 aromatic rings. The first kappa shape index (κ1) is 22.6. The highest BCUT2D eigenvalue weighted by Crippen LogP contribution is 2.27. The van der Waals surface area contributed by atoms with Crippen LogP contribution in [0.4, 0.5) is 8.78 Å². The summed E-state index contributed by atoms with van der Waals surface area (Å²) in [6.07, 6.45) is -1.94. The lowest BCUT2D eigenvalue weighted by Gasteiger charge is -2.21. The molecule has 4 nitrogen and oxygen atoms in total. The lowest BCUT2D eigenvalue weighted by Crippen LogP contribution is -2.35. The van der Waals surface area contributed by atoms with Gasteiger partial charge >= 0.3 is 0 Å². The number of benzene rings is 2. The number of hydrogen-bond acceptors (Lipinski definition) is 5. The van der Waals surface area contributed by atoms with Gasteiger partial charge < -0.3 is 4.90 Å². The number of alkyl halides is 2. The Bertz CT molecular complexity index is 1020. The van der Waals surface area contributed by atoms with E-state index in [9.17, 15) is 13.6 Å². The Balaban J connectivity index is 1.72. The van der Waals surface area contributed by atoms with E-state index in [0.717, 1.165) is 15.8 Å². The molecule has 1 aromatic heterocycles. The molecule has 1 heterocycles. The van der Waals surface area contributed by atoms with Gasteiger partial charge in [-0.25, -0.2) is 13.5 Å². The van der Waals surface area contributed by atoms with E-state index >= 15 is 0 Å². The van der Waals surface area contributed by atoms with Crippen molar-refractivity contribution in [1.29, 1.82) is 0 Å². The predicted molar refractivity (Wildman–Crippen MR) is 120 cm³/mol. The fourth-order valence-corrected chi connectivity index (χ4v) is 5.16. The van der Waals surface area contributed by atoms with E-state index in [2.05, 4.69) is 17.2 Å². The molecule has 0 saturated heterocycles. The van der Waals surface area contributed by atoms with Crippen LogP contribution in [-0.4, -0.2) is 40.1 Å². The molecule has 0 spiro atoms. The second-order valence-corrected chi connectivity index (χ2v) is 9.35. The van der Waals surface area contributed by atoms with E-state index in [1.807, 2.05) is 25.1 Å². The summed E-state index contributed by atoms with van der Waals surface area (Å²) in [7, 11) is 0. The van der Waals surface area contributed by atoms with Gasteiger partial charge in [-0.2, -0.15) is 0 Å². The number of amides is 1. The molecule has 0 aliphatic heterocycles. The highest BCUT2D eigenvalue weighted by atomic mass is 32.2. The normalized spacial score (nSPS) is 11.1. The van der Waals surface area contributed by atoms with Crippen molar-refractivity contribution in [2.24, 2.45) is 0 Å². The highest BCUT2D eigenvalue weighted by molar-refractivity contribution is 8.00. The van der Waals surface area contributed by atoms with Gasteiger partial charge in [-0.15, -0.1) is 5.10 Å². The van der Waals surface area contributed by atoms with Crippen molar-refractivity contribution >= 4 is 41.2 Å². The Morgan fingerprint density at radius 1 is 1.20 bits per heavy atom. The molecule has 158 valence electrons. The summed E-state index contributed by atoms with van der Waals surface area (Å²) in [6.45, 7) is 1.59. The van der Waals surface area contributed by atoms with Gasteiger partial charge in [-0.3, -0.25) is 4.79 Å². The van der Waals surface area contributed by atoms with Crippen molar-refractivity contribution in [2.45, 2.75) is 29.9 Å². The van der Waals surface area contributed by atoms with Crippen molar-refractivity contribution < 1.29 is 13.6 Å². The van der Waals surface area contributed by atoms with E-state index in [0.29, 0.717) is 22.5 Å². The average molecular weight is 466 g/mol. The van der Waals surface area contributed by atoms with E-state index in [4.69, 9.17) is 12.2 Å². The van der Waals surface area contributed by atoms with Crippen LogP contribution in [0, 0.1) is 3.95 Å². The zero-order chi connectivity index (χ0) is 21.5. The van der Waals surface area contributed by atoms with Crippen LogP contribution < -0.4 is 0 Å². The Kier molecular flexibility index (Phi) is 8.12. The summed E-state index contributed by atoms with van der Waals surface area (Å²) in [5.74, 6) is 0.401. The zero-order valence-electron chi connectivity index (χ0n) is 16.3. The monoisotopic (exact) mass is 465 g/mol. The van der Waals surface area contributed by atoms with Crippen LogP contribution in [0.15, 0.2) is 58.9 Å². The summed E-state index contributed by atoms with van der Waals surface area (Å²) in [6, 6.07) is 16.8. The Hall–Kier alpha value is -2.10. The van der Waals surface area contributed by atoms with E-state index in [-0.39, 0.29) is 0 Å². The average Bonchev–Trinajstić information content (AvgIpc) is 3.12. The molecule has 0 fully saturated rings. The van der Waals surface area contributed by atoms with Crippen LogP contribution in [0.1, 0.15) is 29.3 Å². The maximum Gasteiger partial charge on any atom is 0.255 e. The number of halogens is 2. The minimum atomic E-state index is -2.56. The van der Waals surface area contributed by atoms with Crippen molar-refractivity contribution in [3.63, 3.8) is 0 Å². The first-order valence-electron chi connectivity index (χ1n) is 9.42. The minimum Gasteiger partial charge on any atom is -0.333 e. The minimum absolute atomic E-state index is 0.296.